The predicted molar refractivity (Wildman–Crippen MR) is 98.9 cm³/mol. The molecular weight excluding hydrogens is 385 g/mol. The minimum absolute atomic E-state index is 0.0323. The molecule has 1 amide bonds. The molecule has 0 saturated carbocycles. The van der Waals surface area contributed by atoms with Crippen molar-refractivity contribution in [3.05, 3.63) is 83.5 Å². The van der Waals surface area contributed by atoms with Gasteiger partial charge in [-0.05, 0) is 29.3 Å². The summed E-state index contributed by atoms with van der Waals surface area (Å²) in [5.74, 6) is -1.11. The van der Waals surface area contributed by atoms with E-state index in [1.54, 1.807) is 30.3 Å². The average molecular weight is 401 g/mol. The van der Waals surface area contributed by atoms with Crippen LogP contribution >= 0.6 is 0 Å². The van der Waals surface area contributed by atoms with Crippen LogP contribution in [0.25, 0.3) is 6.08 Å². The zero-order valence-corrected chi connectivity index (χ0v) is 15.4. The molecule has 28 heavy (non-hydrogen) atoms. The summed E-state index contributed by atoms with van der Waals surface area (Å²) in [6.07, 6.45) is 2.77. The smallest absolute Gasteiger partial charge is 0.335 e. The maximum atomic E-state index is 12.8. The van der Waals surface area contributed by atoms with Gasteiger partial charge in [0.2, 0.25) is 21.6 Å². The fraction of sp³-hybridized carbons (Fsp3) is 0.105. The van der Waals surface area contributed by atoms with Crippen molar-refractivity contribution in [3.63, 3.8) is 0 Å². The summed E-state index contributed by atoms with van der Waals surface area (Å²) >= 11 is 0. The van der Waals surface area contributed by atoms with Gasteiger partial charge in [-0.25, -0.2) is 12.8 Å². The van der Waals surface area contributed by atoms with E-state index in [1.165, 1.54) is 36.4 Å². The third-order valence-corrected chi connectivity index (χ3v) is 5.04. The van der Waals surface area contributed by atoms with Crippen LogP contribution < -0.4 is 5.32 Å². The number of hydrogen-bond donors (Lipinski definition) is 1. The second-order valence-electron chi connectivity index (χ2n) is 5.81. The first-order valence-corrected chi connectivity index (χ1v) is 9.88. The van der Waals surface area contributed by atoms with Gasteiger partial charge >= 0.3 is 5.22 Å². The van der Waals surface area contributed by atoms with Crippen molar-refractivity contribution in [1.29, 1.82) is 0 Å². The van der Waals surface area contributed by atoms with E-state index in [0.717, 1.165) is 0 Å². The van der Waals surface area contributed by atoms with E-state index in [9.17, 15) is 17.6 Å². The number of carbonyl (C=O) groups is 1. The molecule has 144 valence electrons. The molecule has 1 N–H and O–H groups in total. The Balaban J connectivity index is 1.57. The summed E-state index contributed by atoms with van der Waals surface area (Å²) in [7, 11) is -3.78. The third-order valence-electron chi connectivity index (χ3n) is 3.62. The molecule has 0 atom stereocenters. The van der Waals surface area contributed by atoms with Gasteiger partial charge in [0.05, 0.1) is 12.3 Å². The lowest BCUT2D eigenvalue weighted by Crippen LogP contribution is -2.20. The van der Waals surface area contributed by atoms with E-state index in [-0.39, 0.29) is 24.0 Å². The summed E-state index contributed by atoms with van der Waals surface area (Å²) in [6, 6.07) is 14.3. The van der Waals surface area contributed by atoms with Crippen LogP contribution in [0.15, 0.2) is 70.3 Å². The first kappa shape index (κ1) is 19.4. The van der Waals surface area contributed by atoms with Crippen LogP contribution in [-0.4, -0.2) is 24.5 Å². The molecule has 0 saturated heterocycles. The Morgan fingerprint density at radius 3 is 2.50 bits per heavy atom. The molecule has 1 aromatic heterocycles. The van der Waals surface area contributed by atoms with E-state index in [2.05, 4.69) is 15.5 Å². The van der Waals surface area contributed by atoms with Crippen molar-refractivity contribution in [3.8, 4) is 0 Å². The second kappa shape index (κ2) is 8.57. The molecule has 0 fully saturated rings. The van der Waals surface area contributed by atoms with Gasteiger partial charge in [-0.1, -0.05) is 47.6 Å². The molecule has 3 rings (SSSR count). The molecule has 0 aliphatic heterocycles. The summed E-state index contributed by atoms with van der Waals surface area (Å²) in [6.45, 7) is -0.125. The van der Waals surface area contributed by atoms with E-state index in [0.29, 0.717) is 11.1 Å². The van der Waals surface area contributed by atoms with Crippen LogP contribution in [0.5, 0.6) is 0 Å². The minimum Gasteiger partial charge on any atom is -0.411 e. The van der Waals surface area contributed by atoms with Crippen molar-refractivity contribution in [2.75, 3.05) is 0 Å². The number of amides is 1. The number of halogens is 1. The van der Waals surface area contributed by atoms with Crippen LogP contribution in [0.3, 0.4) is 0 Å². The number of hydrogen-bond acceptors (Lipinski definition) is 6. The maximum Gasteiger partial charge on any atom is 0.335 e. The van der Waals surface area contributed by atoms with Gasteiger partial charge in [-0.2, -0.15) is 0 Å². The normalized spacial score (nSPS) is 11.6. The van der Waals surface area contributed by atoms with Crippen LogP contribution in [0, 0.1) is 5.82 Å². The Kier molecular flexibility index (Phi) is 5.95. The largest absolute Gasteiger partial charge is 0.411 e. The van der Waals surface area contributed by atoms with E-state index in [1.807, 2.05) is 0 Å². The molecule has 2 aromatic carbocycles. The van der Waals surface area contributed by atoms with E-state index in [4.69, 9.17) is 4.42 Å². The Labute approximate surface area is 160 Å². The van der Waals surface area contributed by atoms with Crippen LogP contribution in [0.2, 0.25) is 0 Å². The molecule has 0 spiro atoms. The second-order valence-corrected chi connectivity index (χ2v) is 7.68. The summed E-state index contributed by atoms with van der Waals surface area (Å²) in [4.78, 5) is 11.8. The van der Waals surface area contributed by atoms with Gasteiger partial charge in [0.1, 0.15) is 5.82 Å². The third kappa shape index (κ3) is 5.34. The van der Waals surface area contributed by atoms with Crippen LogP contribution in [0.4, 0.5) is 4.39 Å². The van der Waals surface area contributed by atoms with Crippen LogP contribution in [-0.2, 0) is 26.9 Å². The van der Waals surface area contributed by atoms with Crippen molar-refractivity contribution in [2.24, 2.45) is 0 Å². The lowest BCUT2D eigenvalue weighted by molar-refractivity contribution is -0.116. The highest BCUT2D eigenvalue weighted by Gasteiger charge is 2.23. The molecule has 3 aromatic rings. The van der Waals surface area contributed by atoms with E-state index >= 15 is 0 Å². The zero-order chi connectivity index (χ0) is 20.0. The Morgan fingerprint density at radius 1 is 1.07 bits per heavy atom. The summed E-state index contributed by atoms with van der Waals surface area (Å²) < 4.78 is 42.6. The van der Waals surface area contributed by atoms with Crippen molar-refractivity contribution in [1.82, 2.24) is 15.5 Å². The summed E-state index contributed by atoms with van der Waals surface area (Å²) in [5, 5.41) is 9.21. The number of aromatic nitrogens is 2. The van der Waals surface area contributed by atoms with Gasteiger partial charge < -0.3 is 9.73 Å². The SMILES string of the molecule is O=C(/C=C/c1ccc(F)cc1)NCc1nnc(S(=O)(=O)Cc2ccccc2)o1. The molecule has 0 aliphatic carbocycles. The lowest BCUT2D eigenvalue weighted by Gasteiger charge is -2.00. The Hall–Kier alpha value is -3.33. The molecular formula is C19H16FN3O4S. The van der Waals surface area contributed by atoms with Gasteiger partial charge in [-0.3, -0.25) is 4.79 Å². The van der Waals surface area contributed by atoms with Crippen molar-refractivity contribution in [2.45, 2.75) is 17.5 Å². The number of sulfone groups is 1. The molecule has 9 heteroatoms. The zero-order valence-electron chi connectivity index (χ0n) is 14.6. The fourth-order valence-electron chi connectivity index (χ4n) is 2.26. The highest BCUT2D eigenvalue weighted by atomic mass is 32.2. The maximum absolute atomic E-state index is 12.8. The monoisotopic (exact) mass is 401 g/mol. The number of nitrogens with zero attached hydrogens (tertiary/aromatic N) is 2. The topological polar surface area (TPSA) is 102 Å². The molecule has 0 aliphatic rings. The summed E-state index contributed by atoms with van der Waals surface area (Å²) in [5.41, 5.74) is 1.25. The van der Waals surface area contributed by atoms with Gasteiger partial charge in [0.25, 0.3) is 0 Å². The predicted octanol–water partition coefficient (Wildman–Crippen LogP) is 2.51. The van der Waals surface area contributed by atoms with Crippen molar-refractivity contribution >= 4 is 21.8 Å². The van der Waals surface area contributed by atoms with E-state index < -0.39 is 21.0 Å². The van der Waals surface area contributed by atoms with Gasteiger partial charge in [-0.15, -0.1) is 5.10 Å². The average Bonchev–Trinajstić information content (AvgIpc) is 3.16. The highest BCUT2D eigenvalue weighted by molar-refractivity contribution is 7.90. The number of nitrogens with one attached hydrogen (secondary N) is 1. The van der Waals surface area contributed by atoms with Crippen molar-refractivity contribution < 1.29 is 22.0 Å². The van der Waals surface area contributed by atoms with Gasteiger partial charge in [0, 0.05) is 6.08 Å². The molecule has 0 unspecified atom stereocenters. The van der Waals surface area contributed by atoms with Gasteiger partial charge in [0.15, 0.2) is 0 Å². The molecule has 7 nitrogen and oxygen atoms in total. The molecule has 0 bridgehead atoms. The first-order chi connectivity index (χ1) is 13.4. The molecule has 1 heterocycles. The Bertz CT molecular complexity index is 1080. The minimum atomic E-state index is -3.78. The lowest BCUT2D eigenvalue weighted by atomic mass is 10.2. The fourth-order valence-corrected chi connectivity index (χ4v) is 3.40. The molecule has 0 radical (unpaired) electrons. The Morgan fingerprint density at radius 2 is 1.79 bits per heavy atom. The quantitative estimate of drug-likeness (QED) is 0.611. The highest BCUT2D eigenvalue weighted by Crippen LogP contribution is 2.15. The van der Waals surface area contributed by atoms with Crippen LogP contribution in [0.1, 0.15) is 17.0 Å². The number of carbonyl (C=O) groups excluding carboxylic acids is 1. The number of rotatable bonds is 7. The number of benzene rings is 2. The first-order valence-electron chi connectivity index (χ1n) is 8.23. The standard InChI is InChI=1S/C19H16FN3O4S/c20-16-9-6-14(7-10-16)8-11-17(24)21-12-18-22-23-19(27-18)28(25,26)13-15-4-2-1-3-5-15/h1-11H,12-13H2,(H,21,24)/b11-8+.